The molecule has 0 saturated carbocycles. The molecule has 0 spiro atoms. The van der Waals surface area contributed by atoms with Crippen molar-refractivity contribution in [3.63, 3.8) is 0 Å². The predicted octanol–water partition coefficient (Wildman–Crippen LogP) is 0.741. The molecule has 1 rings (SSSR count). The first kappa shape index (κ1) is 11.9. The van der Waals surface area contributed by atoms with E-state index >= 15 is 0 Å². The van der Waals surface area contributed by atoms with Crippen LogP contribution in [0.4, 0.5) is 0 Å². The molecule has 4 heteroatoms. The normalized spacial score (nSPS) is 10.7. The minimum absolute atomic E-state index is 0.702. The van der Waals surface area contributed by atoms with Crippen molar-refractivity contribution in [1.29, 1.82) is 0 Å². The number of nitrogens with one attached hydrogen (secondary N) is 1. The summed E-state index contributed by atoms with van der Waals surface area (Å²) in [5.74, 6) is 0.918. The van der Waals surface area contributed by atoms with E-state index in [2.05, 4.69) is 15.2 Å². The van der Waals surface area contributed by atoms with Crippen molar-refractivity contribution in [3.8, 4) is 5.75 Å². The summed E-state index contributed by atoms with van der Waals surface area (Å²) < 4.78 is 5.68. The lowest BCUT2D eigenvalue weighted by Crippen LogP contribution is -2.20. The van der Waals surface area contributed by atoms with Crippen molar-refractivity contribution in [2.24, 2.45) is 0 Å². The Labute approximate surface area is 91.3 Å². The predicted molar refractivity (Wildman–Crippen MR) is 61.0 cm³/mol. The van der Waals surface area contributed by atoms with Crippen LogP contribution in [0.1, 0.15) is 5.56 Å². The Morgan fingerprint density at radius 1 is 1.47 bits per heavy atom. The third-order valence-corrected chi connectivity index (χ3v) is 2.02. The Morgan fingerprint density at radius 3 is 2.93 bits per heavy atom. The summed E-state index contributed by atoms with van der Waals surface area (Å²) in [5.41, 5.74) is 1.10. The molecule has 84 valence electrons. The minimum atomic E-state index is 0.702. The molecular formula is C11H19N3O. The molecular weight excluding hydrogens is 190 g/mol. The molecule has 0 amide bonds. The van der Waals surface area contributed by atoms with E-state index in [0.29, 0.717) is 6.61 Å². The zero-order valence-electron chi connectivity index (χ0n) is 9.66. The van der Waals surface area contributed by atoms with Crippen molar-refractivity contribution in [2.75, 3.05) is 34.3 Å². The Kier molecular flexibility index (Phi) is 5.07. The summed E-state index contributed by atoms with van der Waals surface area (Å²) in [4.78, 5) is 6.17. The van der Waals surface area contributed by atoms with Gasteiger partial charge in [-0.15, -0.1) is 0 Å². The Hall–Kier alpha value is -1.13. The first-order chi connectivity index (χ1) is 7.24. The van der Waals surface area contributed by atoms with Gasteiger partial charge in [0.1, 0.15) is 12.4 Å². The van der Waals surface area contributed by atoms with Crippen LogP contribution >= 0.6 is 0 Å². The van der Waals surface area contributed by atoms with Crippen molar-refractivity contribution in [1.82, 2.24) is 15.2 Å². The molecule has 0 atom stereocenters. The van der Waals surface area contributed by atoms with Gasteiger partial charge in [-0.05, 0) is 27.2 Å². The molecule has 0 unspecified atom stereocenters. The molecule has 4 nitrogen and oxygen atoms in total. The third kappa shape index (κ3) is 4.27. The highest BCUT2D eigenvalue weighted by Gasteiger charge is 2.02. The van der Waals surface area contributed by atoms with E-state index in [1.165, 1.54) is 0 Å². The molecule has 15 heavy (non-hydrogen) atoms. The summed E-state index contributed by atoms with van der Waals surface area (Å²) in [7, 11) is 5.98. The highest BCUT2D eigenvalue weighted by atomic mass is 16.5. The highest BCUT2D eigenvalue weighted by Crippen LogP contribution is 2.15. The zero-order valence-corrected chi connectivity index (χ0v) is 9.66. The number of likely N-dealkylation sites (N-methyl/N-ethyl adjacent to an activating group) is 1. The lowest BCUT2D eigenvalue weighted by Gasteiger charge is -2.13. The summed E-state index contributed by atoms with van der Waals surface area (Å²) in [6, 6.07) is 1.91. The maximum absolute atomic E-state index is 5.68. The van der Waals surface area contributed by atoms with Crippen LogP contribution in [0.5, 0.6) is 5.75 Å². The quantitative estimate of drug-likeness (QED) is 0.750. The van der Waals surface area contributed by atoms with E-state index in [1.54, 1.807) is 6.20 Å². The Morgan fingerprint density at radius 2 is 2.27 bits per heavy atom. The maximum atomic E-state index is 5.68. The molecule has 0 saturated heterocycles. The molecule has 0 aromatic carbocycles. The van der Waals surface area contributed by atoms with E-state index in [0.717, 1.165) is 24.4 Å². The summed E-state index contributed by atoms with van der Waals surface area (Å²) in [6.45, 7) is 2.40. The second kappa shape index (κ2) is 6.37. The average Bonchev–Trinajstić information content (AvgIpc) is 2.20. The number of hydrogen-bond donors (Lipinski definition) is 1. The fourth-order valence-electron chi connectivity index (χ4n) is 1.22. The van der Waals surface area contributed by atoms with E-state index in [1.807, 2.05) is 33.4 Å². The Bertz CT molecular complexity index is 289. The average molecular weight is 209 g/mol. The van der Waals surface area contributed by atoms with Crippen LogP contribution in [0.2, 0.25) is 0 Å². The fourth-order valence-corrected chi connectivity index (χ4v) is 1.22. The zero-order chi connectivity index (χ0) is 11.1. The van der Waals surface area contributed by atoms with Gasteiger partial charge in [-0.3, -0.25) is 4.98 Å². The van der Waals surface area contributed by atoms with Crippen molar-refractivity contribution < 1.29 is 4.74 Å². The summed E-state index contributed by atoms with van der Waals surface area (Å²) in [6.07, 6.45) is 3.59. The summed E-state index contributed by atoms with van der Waals surface area (Å²) in [5, 5.41) is 3.09. The van der Waals surface area contributed by atoms with Crippen LogP contribution in [0.25, 0.3) is 0 Å². The molecule has 0 fully saturated rings. The van der Waals surface area contributed by atoms with Crippen LogP contribution in [0.15, 0.2) is 18.5 Å². The molecule has 1 N–H and O–H groups in total. The first-order valence-corrected chi connectivity index (χ1v) is 5.09. The molecule has 0 bridgehead atoms. The number of hydrogen-bond acceptors (Lipinski definition) is 4. The third-order valence-electron chi connectivity index (χ3n) is 2.02. The maximum Gasteiger partial charge on any atom is 0.126 e. The number of rotatable bonds is 6. The van der Waals surface area contributed by atoms with Gasteiger partial charge in [0.05, 0.1) is 0 Å². The standard InChI is InChI=1S/C11H19N3O/c1-12-8-10-9-13-5-4-11(10)15-7-6-14(2)3/h4-5,9,12H,6-8H2,1-3H3. The van der Waals surface area contributed by atoms with Crippen LogP contribution in [0.3, 0.4) is 0 Å². The van der Waals surface area contributed by atoms with Gasteiger partial charge in [0.15, 0.2) is 0 Å². The van der Waals surface area contributed by atoms with E-state index in [9.17, 15) is 0 Å². The Balaban J connectivity index is 2.51. The molecule has 1 aromatic heterocycles. The number of pyridine rings is 1. The van der Waals surface area contributed by atoms with Gasteiger partial charge in [-0.2, -0.15) is 0 Å². The second-order valence-corrected chi connectivity index (χ2v) is 3.67. The van der Waals surface area contributed by atoms with E-state index in [-0.39, 0.29) is 0 Å². The number of aromatic nitrogens is 1. The van der Waals surface area contributed by atoms with Crippen molar-refractivity contribution >= 4 is 0 Å². The largest absolute Gasteiger partial charge is 0.492 e. The monoisotopic (exact) mass is 209 g/mol. The van der Waals surface area contributed by atoms with Crippen LogP contribution < -0.4 is 10.1 Å². The van der Waals surface area contributed by atoms with E-state index in [4.69, 9.17) is 4.74 Å². The van der Waals surface area contributed by atoms with Crippen LogP contribution in [-0.2, 0) is 6.54 Å². The van der Waals surface area contributed by atoms with Gasteiger partial charge in [0, 0.05) is 31.0 Å². The first-order valence-electron chi connectivity index (χ1n) is 5.09. The van der Waals surface area contributed by atoms with Gasteiger partial charge in [-0.25, -0.2) is 0 Å². The summed E-state index contributed by atoms with van der Waals surface area (Å²) >= 11 is 0. The molecule has 0 radical (unpaired) electrons. The fraction of sp³-hybridized carbons (Fsp3) is 0.545. The molecule has 0 aliphatic heterocycles. The van der Waals surface area contributed by atoms with Crippen molar-refractivity contribution in [3.05, 3.63) is 24.0 Å². The van der Waals surface area contributed by atoms with Gasteiger partial charge in [0.2, 0.25) is 0 Å². The van der Waals surface area contributed by atoms with Gasteiger partial charge < -0.3 is 15.0 Å². The minimum Gasteiger partial charge on any atom is -0.492 e. The molecule has 1 heterocycles. The highest BCUT2D eigenvalue weighted by molar-refractivity contribution is 5.29. The van der Waals surface area contributed by atoms with E-state index < -0.39 is 0 Å². The number of nitrogens with zero attached hydrogens (tertiary/aromatic N) is 2. The van der Waals surface area contributed by atoms with Crippen LogP contribution in [0, 0.1) is 0 Å². The van der Waals surface area contributed by atoms with Crippen molar-refractivity contribution in [2.45, 2.75) is 6.54 Å². The number of ether oxygens (including phenoxy) is 1. The van der Waals surface area contributed by atoms with Crippen LogP contribution in [-0.4, -0.2) is 44.2 Å². The second-order valence-electron chi connectivity index (χ2n) is 3.67. The lowest BCUT2D eigenvalue weighted by molar-refractivity contribution is 0.259. The van der Waals surface area contributed by atoms with Gasteiger partial charge in [-0.1, -0.05) is 0 Å². The van der Waals surface area contributed by atoms with Gasteiger partial charge in [0.25, 0.3) is 0 Å². The molecule has 0 aliphatic carbocycles. The lowest BCUT2D eigenvalue weighted by atomic mass is 10.2. The molecule has 0 aliphatic rings. The smallest absolute Gasteiger partial charge is 0.126 e. The SMILES string of the molecule is CNCc1cnccc1OCCN(C)C. The molecule has 1 aromatic rings. The van der Waals surface area contributed by atoms with Gasteiger partial charge >= 0.3 is 0 Å². The topological polar surface area (TPSA) is 37.4 Å².